The van der Waals surface area contributed by atoms with E-state index in [2.05, 4.69) is 55.0 Å². The van der Waals surface area contributed by atoms with Crippen LogP contribution in [0.15, 0.2) is 55.6 Å². The normalized spacial score (nSPS) is 10.8. The first-order valence-electron chi connectivity index (χ1n) is 6.66. The molecule has 0 aliphatic heterocycles. The van der Waals surface area contributed by atoms with Crippen LogP contribution >= 0.6 is 0 Å². The van der Waals surface area contributed by atoms with E-state index < -0.39 is 0 Å². The molecule has 2 nitrogen and oxygen atoms in total. The Morgan fingerprint density at radius 1 is 1.10 bits per heavy atom. The zero-order valence-electron chi connectivity index (χ0n) is 11.6. The van der Waals surface area contributed by atoms with Gasteiger partial charge in [-0.05, 0) is 18.6 Å². The Bertz CT molecular complexity index is 811. The van der Waals surface area contributed by atoms with Gasteiger partial charge in [0.05, 0.1) is 11.0 Å². The predicted molar refractivity (Wildman–Crippen MR) is 86.3 cm³/mol. The molecule has 2 heteroatoms. The van der Waals surface area contributed by atoms with Gasteiger partial charge in [-0.15, -0.1) is 0 Å². The topological polar surface area (TPSA) is 14.2 Å². The molecule has 1 aromatic heterocycles. The van der Waals surface area contributed by atoms with Crippen molar-refractivity contribution >= 4 is 28.0 Å². The lowest BCUT2D eigenvalue weighted by Gasteiger charge is -2.10. The van der Waals surface area contributed by atoms with Gasteiger partial charge in [-0.25, -0.2) is 0 Å². The Hall–Kier alpha value is -2.48. The van der Waals surface area contributed by atoms with Crippen molar-refractivity contribution in [1.82, 2.24) is 4.57 Å². The lowest BCUT2D eigenvalue weighted by atomic mass is 10.1. The van der Waals surface area contributed by atoms with Crippen molar-refractivity contribution in [3.05, 3.63) is 61.2 Å². The number of rotatable bonds is 4. The summed E-state index contributed by atoms with van der Waals surface area (Å²) in [6, 6.07) is 12.6. The summed E-state index contributed by atoms with van der Waals surface area (Å²) < 4.78 is 7.98. The Balaban J connectivity index is 2.46. The third-order valence-electron chi connectivity index (χ3n) is 3.55. The third kappa shape index (κ3) is 1.73. The number of hydrogen-bond acceptors (Lipinski definition) is 1. The van der Waals surface area contributed by atoms with Gasteiger partial charge in [0.2, 0.25) is 0 Å². The number of hydrogen-bond donors (Lipinski definition) is 0. The summed E-state index contributed by atoms with van der Waals surface area (Å²) in [6.45, 7) is 10.2. The van der Waals surface area contributed by atoms with E-state index in [0.29, 0.717) is 6.61 Å². The molecule has 0 N–H and O–H groups in total. The molecule has 20 heavy (non-hydrogen) atoms. The molecule has 0 unspecified atom stereocenters. The predicted octanol–water partition coefficient (Wildman–Crippen LogP) is 4.77. The molecular weight excluding hydrogens is 246 g/mol. The molecule has 0 aliphatic carbocycles. The molecule has 1 heterocycles. The number of benzene rings is 2. The fourth-order valence-electron chi connectivity index (χ4n) is 2.67. The van der Waals surface area contributed by atoms with Gasteiger partial charge < -0.3 is 9.30 Å². The first-order valence-corrected chi connectivity index (χ1v) is 6.66. The minimum absolute atomic E-state index is 0.499. The maximum atomic E-state index is 5.88. The molecule has 2 aromatic carbocycles. The van der Waals surface area contributed by atoms with Gasteiger partial charge in [-0.1, -0.05) is 49.6 Å². The van der Waals surface area contributed by atoms with Crippen molar-refractivity contribution < 1.29 is 4.74 Å². The number of aromatic nitrogens is 1. The maximum absolute atomic E-state index is 5.88. The van der Waals surface area contributed by atoms with Crippen LogP contribution in [-0.2, 0) is 0 Å². The molecule has 0 saturated heterocycles. The van der Waals surface area contributed by atoms with Crippen molar-refractivity contribution in [2.45, 2.75) is 6.92 Å². The molecular formula is C18H17NO. The molecule has 0 radical (unpaired) electrons. The monoisotopic (exact) mass is 263 g/mol. The van der Waals surface area contributed by atoms with Gasteiger partial charge in [0.25, 0.3) is 0 Å². The summed E-state index contributed by atoms with van der Waals surface area (Å²) in [5.41, 5.74) is 3.33. The average Bonchev–Trinajstić information content (AvgIpc) is 2.80. The smallest absolute Gasteiger partial charge is 0.147 e. The van der Waals surface area contributed by atoms with Gasteiger partial charge >= 0.3 is 0 Å². The fraction of sp³-hybridized carbons (Fsp3) is 0.111. The second-order valence-corrected chi connectivity index (χ2v) is 4.78. The number of nitrogens with zero attached hydrogens (tertiary/aromatic N) is 1. The Morgan fingerprint density at radius 2 is 1.90 bits per heavy atom. The van der Waals surface area contributed by atoms with Crippen LogP contribution in [-0.4, -0.2) is 11.2 Å². The van der Waals surface area contributed by atoms with E-state index in [-0.39, 0.29) is 0 Å². The summed E-state index contributed by atoms with van der Waals surface area (Å²) in [7, 11) is 0. The van der Waals surface area contributed by atoms with Crippen LogP contribution < -0.4 is 4.74 Å². The molecule has 100 valence electrons. The zero-order chi connectivity index (χ0) is 14.1. The second kappa shape index (κ2) is 4.89. The lowest BCUT2D eigenvalue weighted by Crippen LogP contribution is -1.98. The highest BCUT2D eigenvalue weighted by molar-refractivity contribution is 6.11. The van der Waals surface area contributed by atoms with E-state index in [9.17, 15) is 0 Å². The Morgan fingerprint density at radius 3 is 2.65 bits per heavy atom. The minimum Gasteiger partial charge on any atom is -0.487 e. The third-order valence-corrected chi connectivity index (χ3v) is 3.55. The van der Waals surface area contributed by atoms with Gasteiger partial charge in [-0.2, -0.15) is 0 Å². The molecule has 3 rings (SSSR count). The number of fused-ring (bicyclic) bond motifs is 3. The first kappa shape index (κ1) is 12.5. The zero-order valence-corrected chi connectivity index (χ0v) is 11.6. The maximum Gasteiger partial charge on any atom is 0.147 e. The van der Waals surface area contributed by atoms with Crippen molar-refractivity contribution in [2.75, 3.05) is 6.61 Å². The molecule has 0 aliphatic rings. The van der Waals surface area contributed by atoms with Crippen molar-refractivity contribution in [3.63, 3.8) is 0 Å². The van der Waals surface area contributed by atoms with Gasteiger partial charge in [0.15, 0.2) is 0 Å². The van der Waals surface area contributed by atoms with Crippen LogP contribution in [0.4, 0.5) is 0 Å². The van der Waals surface area contributed by atoms with Gasteiger partial charge in [0, 0.05) is 17.0 Å². The van der Waals surface area contributed by atoms with Gasteiger partial charge in [0.1, 0.15) is 12.4 Å². The largest absolute Gasteiger partial charge is 0.487 e. The summed E-state index contributed by atoms with van der Waals surface area (Å²) in [6.07, 6.45) is 3.60. The van der Waals surface area contributed by atoms with E-state index in [1.54, 1.807) is 6.08 Å². The minimum atomic E-state index is 0.499. The number of ether oxygens (including phenoxy) is 1. The van der Waals surface area contributed by atoms with Crippen LogP contribution in [0.5, 0.6) is 5.75 Å². The van der Waals surface area contributed by atoms with E-state index in [0.717, 1.165) is 22.3 Å². The van der Waals surface area contributed by atoms with Crippen molar-refractivity contribution in [2.24, 2.45) is 0 Å². The van der Waals surface area contributed by atoms with Crippen LogP contribution in [0.1, 0.15) is 5.56 Å². The Kier molecular flexibility index (Phi) is 3.07. The quantitative estimate of drug-likeness (QED) is 0.618. The fourth-order valence-corrected chi connectivity index (χ4v) is 2.67. The highest BCUT2D eigenvalue weighted by atomic mass is 16.5. The SMILES string of the molecule is C=CCOc1c(C)ccc2c3ccccc3n(C=C)c12. The summed E-state index contributed by atoms with van der Waals surface area (Å²) >= 11 is 0. The summed E-state index contributed by atoms with van der Waals surface area (Å²) in [5.74, 6) is 0.901. The van der Waals surface area contributed by atoms with Crippen molar-refractivity contribution in [1.29, 1.82) is 0 Å². The average molecular weight is 263 g/mol. The summed E-state index contributed by atoms with van der Waals surface area (Å²) in [4.78, 5) is 0. The lowest BCUT2D eigenvalue weighted by molar-refractivity contribution is 0.364. The van der Waals surface area contributed by atoms with E-state index in [1.165, 1.54) is 10.8 Å². The van der Waals surface area contributed by atoms with Crippen LogP contribution in [0.3, 0.4) is 0 Å². The molecule has 0 spiro atoms. The number of aryl methyl sites for hydroxylation is 1. The number of para-hydroxylation sites is 1. The molecule has 0 atom stereocenters. The highest BCUT2D eigenvalue weighted by Crippen LogP contribution is 2.37. The molecule has 0 amide bonds. The highest BCUT2D eigenvalue weighted by Gasteiger charge is 2.14. The Labute approximate surface area is 118 Å². The van der Waals surface area contributed by atoms with Crippen LogP contribution in [0.25, 0.3) is 28.0 Å². The van der Waals surface area contributed by atoms with Crippen LogP contribution in [0, 0.1) is 6.92 Å². The van der Waals surface area contributed by atoms with E-state index >= 15 is 0 Å². The standard InChI is InChI=1S/C18H17NO/c1-4-12-20-18-13(3)10-11-15-14-8-6-7-9-16(14)19(5-2)17(15)18/h4-11H,1-2,12H2,3H3. The first-order chi connectivity index (χ1) is 9.77. The molecule has 0 saturated carbocycles. The molecule has 0 bridgehead atoms. The molecule has 0 fully saturated rings. The van der Waals surface area contributed by atoms with Crippen LogP contribution in [0.2, 0.25) is 0 Å². The van der Waals surface area contributed by atoms with Gasteiger partial charge in [-0.3, -0.25) is 0 Å². The summed E-state index contributed by atoms with van der Waals surface area (Å²) in [5, 5.41) is 2.40. The second-order valence-electron chi connectivity index (χ2n) is 4.78. The van der Waals surface area contributed by atoms with Crippen molar-refractivity contribution in [3.8, 4) is 5.75 Å². The van der Waals surface area contributed by atoms with E-state index in [1.807, 2.05) is 12.3 Å². The van der Waals surface area contributed by atoms with E-state index in [4.69, 9.17) is 4.74 Å². The molecule has 3 aromatic rings.